The van der Waals surface area contributed by atoms with Crippen molar-refractivity contribution < 1.29 is 4.42 Å². The molecule has 3 nitrogen and oxygen atoms in total. The highest BCUT2D eigenvalue weighted by Gasteiger charge is 2.13. The molecule has 0 unspecified atom stereocenters. The minimum Gasteiger partial charge on any atom is -0.455 e. The molecule has 0 aliphatic heterocycles. The Bertz CT molecular complexity index is 2510. The van der Waals surface area contributed by atoms with Crippen LogP contribution in [0, 0.1) is 0 Å². The van der Waals surface area contributed by atoms with Crippen LogP contribution in [0.5, 0.6) is 0 Å². The number of fused-ring (bicyclic) bond motifs is 6. The third kappa shape index (κ3) is 4.37. The Morgan fingerprint density at radius 1 is 0.378 bits per heavy atom. The molecule has 0 fully saturated rings. The lowest BCUT2D eigenvalue weighted by molar-refractivity contribution is 0.672. The van der Waals surface area contributed by atoms with Gasteiger partial charge in [-0.15, -0.1) is 0 Å². The first kappa shape index (κ1) is 25.4. The van der Waals surface area contributed by atoms with Crippen LogP contribution in [0.15, 0.2) is 162 Å². The van der Waals surface area contributed by atoms with E-state index in [-0.39, 0.29) is 0 Å². The highest BCUT2D eigenvalue weighted by atomic mass is 16.3. The fraction of sp³-hybridized carbons (Fsp3) is 0. The number of hydrogen-bond donors (Lipinski definition) is 0. The van der Waals surface area contributed by atoms with Gasteiger partial charge in [0.1, 0.15) is 11.2 Å². The Kier molecular flexibility index (Phi) is 5.82. The monoisotopic (exact) mass is 574 g/mol. The van der Waals surface area contributed by atoms with Crippen molar-refractivity contribution in [1.29, 1.82) is 0 Å². The van der Waals surface area contributed by atoms with Gasteiger partial charge in [0.05, 0.1) is 11.2 Å². The molecule has 0 atom stereocenters. The molecule has 0 amide bonds. The molecule has 0 radical (unpaired) electrons. The fourth-order valence-electron chi connectivity index (χ4n) is 6.38. The van der Waals surface area contributed by atoms with Gasteiger partial charge in [-0.25, -0.2) is 9.97 Å². The zero-order chi connectivity index (χ0) is 29.7. The van der Waals surface area contributed by atoms with Crippen LogP contribution < -0.4 is 0 Å². The van der Waals surface area contributed by atoms with E-state index in [2.05, 4.69) is 127 Å². The number of rotatable bonds is 4. The van der Waals surface area contributed by atoms with Crippen molar-refractivity contribution in [1.82, 2.24) is 9.97 Å². The number of nitrogens with zero attached hydrogens (tertiary/aromatic N) is 2. The maximum Gasteiger partial charge on any atom is 0.160 e. The second-order valence-electron chi connectivity index (χ2n) is 11.4. The standard InChI is InChI=1S/C42H26N2O/c1-2-8-27(9-3-1)28-16-20-31(21-17-28)42-43-38-12-6-4-11-37(38)40(44-42)30-18-14-29(15-19-30)32-22-24-34-33(26-32)23-25-36-35-10-5-7-13-39(35)45-41(34)36/h1-26H. The molecule has 9 aromatic rings. The number of para-hydroxylation sites is 2. The molecule has 3 heteroatoms. The summed E-state index contributed by atoms with van der Waals surface area (Å²) in [5, 5.41) is 5.63. The van der Waals surface area contributed by atoms with E-state index in [1.807, 2.05) is 30.3 Å². The summed E-state index contributed by atoms with van der Waals surface area (Å²) in [4.78, 5) is 10.1. The lowest BCUT2D eigenvalue weighted by atomic mass is 9.98. The van der Waals surface area contributed by atoms with Gasteiger partial charge < -0.3 is 4.42 Å². The van der Waals surface area contributed by atoms with Crippen LogP contribution in [0.3, 0.4) is 0 Å². The molecule has 7 aromatic carbocycles. The quantitative estimate of drug-likeness (QED) is 0.210. The maximum absolute atomic E-state index is 6.27. The van der Waals surface area contributed by atoms with Gasteiger partial charge in [0.15, 0.2) is 5.82 Å². The van der Waals surface area contributed by atoms with E-state index < -0.39 is 0 Å². The molecule has 0 saturated carbocycles. The summed E-state index contributed by atoms with van der Waals surface area (Å²) < 4.78 is 6.27. The Labute approximate surface area is 260 Å². The summed E-state index contributed by atoms with van der Waals surface area (Å²) in [6, 6.07) is 55.0. The molecule has 0 N–H and O–H groups in total. The van der Waals surface area contributed by atoms with Crippen LogP contribution in [0.4, 0.5) is 0 Å². The summed E-state index contributed by atoms with van der Waals surface area (Å²) in [7, 11) is 0. The average Bonchev–Trinajstić information content (AvgIpc) is 3.51. The third-order valence-electron chi connectivity index (χ3n) is 8.70. The van der Waals surface area contributed by atoms with E-state index >= 15 is 0 Å². The average molecular weight is 575 g/mol. The highest BCUT2D eigenvalue weighted by Crippen LogP contribution is 2.36. The molecule has 2 aromatic heterocycles. The minimum atomic E-state index is 0.721. The first-order valence-electron chi connectivity index (χ1n) is 15.2. The van der Waals surface area contributed by atoms with Crippen molar-refractivity contribution in [3.63, 3.8) is 0 Å². The predicted octanol–water partition coefficient (Wildman–Crippen LogP) is 11.4. The maximum atomic E-state index is 6.27. The van der Waals surface area contributed by atoms with E-state index in [0.717, 1.165) is 77.4 Å². The predicted molar refractivity (Wildman–Crippen MR) is 186 cm³/mol. The minimum absolute atomic E-state index is 0.721. The molecular weight excluding hydrogens is 548 g/mol. The number of benzene rings is 7. The lowest BCUT2D eigenvalue weighted by Gasteiger charge is -2.11. The van der Waals surface area contributed by atoms with E-state index in [9.17, 15) is 0 Å². The normalized spacial score (nSPS) is 11.6. The van der Waals surface area contributed by atoms with Crippen LogP contribution in [-0.4, -0.2) is 9.97 Å². The summed E-state index contributed by atoms with van der Waals surface area (Å²) in [6.45, 7) is 0. The van der Waals surface area contributed by atoms with Gasteiger partial charge in [-0.1, -0.05) is 127 Å². The van der Waals surface area contributed by atoms with Crippen molar-refractivity contribution in [2.24, 2.45) is 0 Å². The Morgan fingerprint density at radius 3 is 1.80 bits per heavy atom. The van der Waals surface area contributed by atoms with Gasteiger partial charge in [-0.3, -0.25) is 0 Å². The smallest absolute Gasteiger partial charge is 0.160 e. The van der Waals surface area contributed by atoms with Crippen LogP contribution in [-0.2, 0) is 0 Å². The molecule has 9 rings (SSSR count). The number of aromatic nitrogens is 2. The van der Waals surface area contributed by atoms with Gasteiger partial charge in [0.2, 0.25) is 0 Å². The van der Waals surface area contributed by atoms with Gasteiger partial charge >= 0.3 is 0 Å². The molecule has 0 aliphatic rings. The summed E-state index contributed by atoms with van der Waals surface area (Å²) in [5.74, 6) is 0.721. The molecular formula is C42H26N2O. The zero-order valence-electron chi connectivity index (χ0n) is 24.3. The first-order valence-corrected chi connectivity index (χ1v) is 15.2. The molecule has 2 heterocycles. The zero-order valence-corrected chi connectivity index (χ0v) is 24.3. The van der Waals surface area contributed by atoms with Crippen molar-refractivity contribution >= 4 is 43.6 Å². The van der Waals surface area contributed by atoms with Crippen molar-refractivity contribution in [3.8, 4) is 44.9 Å². The van der Waals surface area contributed by atoms with Crippen LogP contribution in [0.2, 0.25) is 0 Å². The Hall–Kier alpha value is -6.06. The van der Waals surface area contributed by atoms with Crippen LogP contribution >= 0.6 is 0 Å². The van der Waals surface area contributed by atoms with E-state index in [1.165, 1.54) is 11.1 Å². The van der Waals surface area contributed by atoms with Crippen LogP contribution in [0.25, 0.3) is 88.5 Å². The van der Waals surface area contributed by atoms with Gasteiger partial charge in [0, 0.05) is 32.7 Å². The van der Waals surface area contributed by atoms with Crippen molar-refractivity contribution in [2.45, 2.75) is 0 Å². The molecule has 210 valence electrons. The van der Waals surface area contributed by atoms with Crippen molar-refractivity contribution in [3.05, 3.63) is 158 Å². The third-order valence-corrected chi connectivity index (χ3v) is 8.70. The van der Waals surface area contributed by atoms with E-state index in [4.69, 9.17) is 14.4 Å². The second kappa shape index (κ2) is 10.3. The van der Waals surface area contributed by atoms with Crippen molar-refractivity contribution in [2.75, 3.05) is 0 Å². The highest BCUT2D eigenvalue weighted by molar-refractivity contribution is 6.15. The summed E-state index contributed by atoms with van der Waals surface area (Å²) in [6.07, 6.45) is 0. The topological polar surface area (TPSA) is 38.9 Å². The largest absolute Gasteiger partial charge is 0.455 e. The summed E-state index contributed by atoms with van der Waals surface area (Å²) >= 11 is 0. The van der Waals surface area contributed by atoms with Gasteiger partial charge in [-0.05, 0) is 58.0 Å². The molecule has 45 heavy (non-hydrogen) atoms. The second-order valence-corrected chi connectivity index (χ2v) is 11.4. The molecule has 0 saturated heterocycles. The Morgan fingerprint density at radius 2 is 0.978 bits per heavy atom. The van der Waals surface area contributed by atoms with E-state index in [1.54, 1.807) is 0 Å². The van der Waals surface area contributed by atoms with E-state index in [0.29, 0.717) is 0 Å². The first-order chi connectivity index (χ1) is 22.3. The van der Waals surface area contributed by atoms with Crippen LogP contribution in [0.1, 0.15) is 0 Å². The molecule has 0 spiro atoms. The fourth-order valence-corrected chi connectivity index (χ4v) is 6.38. The Balaban J connectivity index is 1.08. The van der Waals surface area contributed by atoms with Gasteiger partial charge in [0.25, 0.3) is 0 Å². The molecule has 0 bridgehead atoms. The number of hydrogen-bond acceptors (Lipinski definition) is 3. The van der Waals surface area contributed by atoms with Gasteiger partial charge in [-0.2, -0.15) is 0 Å². The lowest BCUT2D eigenvalue weighted by Crippen LogP contribution is -1.95. The number of furan rings is 1. The molecule has 0 aliphatic carbocycles. The summed E-state index contributed by atoms with van der Waals surface area (Å²) in [5.41, 5.74) is 10.5. The SMILES string of the molecule is c1ccc(-c2ccc(-c3nc(-c4ccc(-c5ccc6c(ccc7c8ccccc8oc67)c5)cc4)c4ccccc4n3)cc2)cc1.